The van der Waals surface area contributed by atoms with Crippen molar-refractivity contribution in [3.63, 3.8) is 0 Å². The van der Waals surface area contributed by atoms with E-state index in [-0.39, 0.29) is 18.1 Å². The van der Waals surface area contributed by atoms with Crippen LogP contribution in [-0.2, 0) is 6.18 Å². The second-order valence-electron chi connectivity index (χ2n) is 4.45. The van der Waals surface area contributed by atoms with Crippen molar-refractivity contribution in [2.24, 2.45) is 0 Å². The summed E-state index contributed by atoms with van der Waals surface area (Å²) in [6.07, 6.45) is -5.49. The molecule has 3 nitrogen and oxygen atoms in total. The molecule has 0 saturated heterocycles. The first-order chi connectivity index (χ1) is 9.86. The topological polar surface area (TPSA) is 49.7 Å². The van der Waals surface area contributed by atoms with Crippen molar-refractivity contribution in [2.45, 2.75) is 12.3 Å². The first-order valence-corrected chi connectivity index (χ1v) is 6.13. The minimum atomic E-state index is -4.44. The molecule has 2 aromatic rings. The zero-order chi connectivity index (χ0) is 15.5. The fourth-order valence-corrected chi connectivity index (χ4v) is 1.77. The van der Waals surface area contributed by atoms with Gasteiger partial charge in [0.2, 0.25) is 0 Å². The Morgan fingerprint density at radius 2 is 1.76 bits per heavy atom. The molecule has 2 aromatic carbocycles. The van der Waals surface area contributed by atoms with E-state index in [2.05, 4.69) is 0 Å². The van der Waals surface area contributed by atoms with Crippen LogP contribution >= 0.6 is 0 Å². The second kappa shape index (κ2) is 6.05. The number of aliphatic hydroxyl groups excluding tert-OH is 1. The van der Waals surface area contributed by atoms with Crippen molar-refractivity contribution < 1.29 is 28.1 Å². The molecule has 21 heavy (non-hydrogen) atoms. The van der Waals surface area contributed by atoms with Crippen molar-refractivity contribution in [1.82, 2.24) is 0 Å². The fourth-order valence-electron chi connectivity index (χ4n) is 1.77. The van der Waals surface area contributed by atoms with Gasteiger partial charge in [-0.1, -0.05) is 18.2 Å². The van der Waals surface area contributed by atoms with E-state index in [0.29, 0.717) is 5.56 Å². The largest absolute Gasteiger partial charge is 0.508 e. The third kappa shape index (κ3) is 4.13. The van der Waals surface area contributed by atoms with Crippen molar-refractivity contribution in [3.05, 3.63) is 59.7 Å². The number of phenolic OH excluding ortho intramolecular Hbond substituents is 1. The number of ether oxygens (including phenoxy) is 1. The Labute approximate surface area is 119 Å². The molecule has 2 N–H and O–H groups in total. The Balaban J connectivity index is 2.03. The zero-order valence-corrected chi connectivity index (χ0v) is 10.8. The average Bonchev–Trinajstić information content (AvgIpc) is 2.44. The summed E-state index contributed by atoms with van der Waals surface area (Å²) in [6, 6.07) is 10.4. The lowest BCUT2D eigenvalue weighted by molar-refractivity contribution is -0.137. The Morgan fingerprint density at radius 1 is 1.05 bits per heavy atom. The summed E-state index contributed by atoms with van der Waals surface area (Å²) in [7, 11) is 0. The average molecular weight is 298 g/mol. The Bertz CT molecular complexity index is 611. The van der Waals surface area contributed by atoms with Gasteiger partial charge in [0.15, 0.2) is 0 Å². The van der Waals surface area contributed by atoms with E-state index in [1.807, 2.05) is 0 Å². The molecule has 0 saturated carbocycles. The van der Waals surface area contributed by atoms with Crippen LogP contribution in [-0.4, -0.2) is 16.8 Å². The minimum absolute atomic E-state index is 0.00869. The molecule has 0 bridgehead atoms. The maximum atomic E-state index is 12.5. The molecule has 0 fully saturated rings. The van der Waals surface area contributed by atoms with Gasteiger partial charge in [0, 0.05) is 0 Å². The second-order valence-corrected chi connectivity index (χ2v) is 4.45. The highest BCUT2D eigenvalue weighted by Crippen LogP contribution is 2.31. The third-order valence-corrected chi connectivity index (χ3v) is 2.82. The van der Waals surface area contributed by atoms with Crippen molar-refractivity contribution >= 4 is 0 Å². The Kier molecular flexibility index (Phi) is 4.37. The molecule has 0 aromatic heterocycles. The molecule has 2 rings (SSSR count). The van der Waals surface area contributed by atoms with Gasteiger partial charge in [-0.15, -0.1) is 0 Å². The summed E-state index contributed by atoms with van der Waals surface area (Å²) < 4.78 is 42.8. The zero-order valence-electron chi connectivity index (χ0n) is 10.8. The van der Waals surface area contributed by atoms with Crippen LogP contribution in [0.2, 0.25) is 0 Å². The van der Waals surface area contributed by atoms with Gasteiger partial charge in [0.25, 0.3) is 0 Å². The third-order valence-electron chi connectivity index (χ3n) is 2.82. The lowest BCUT2D eigenvalue weighted by Gasteiger charge is -2.14. The molecule has 0 amide bonds. The molecule has 0 aliphatic carbocycles. The molecule has 6 heteroatoms. The van der Waals surface area contributed by atoms with Gasteiger partial charge in [-0.2, -0.15) is 13.2 Å². The first-order valence-electron chi connectivity index (χ1n) is 6.13. The van der Waals surface area contributed by atoms with Crippen molar-refractivity contribution in [3.8, 4) is 11.5 Å². The number of aliphatic hydroxyl groups is 1. The van der Waals surface area contributed by atoms with E-state index in [1.54, 1.807) is 12.1 Å². The van der Waals surface area contributed by atoms with Crippen LogP contribution < -0.4 is 4.74 Å². The van der Waals surface area contributed by atoms with Gasteiger partial charge in [-0.25, -0.2) is 0 Å². The van der Waals surface area contributed by atoms with Gasteiger partial charge in [0.05, 0.1) is 5.56 Å². The molecule has 0 heterocycles. The SMILES string of the molecule is Oc1cccc(C(O)COc2cccc(C(F)(F)F)c2)c1. The van der Waals surface area contributed by atoms with Gasteiger partial charge in [-0.3, -0.25) is 0 Å². The Morgan fingerprint density at radius 3 is 2.43 bits per heavy atom. The van der Waals surface area contributed by atoms with E-state index in [1.165, 1.54) is 24.3 Å². The lowest BCUT2D eigenvalue weighted by atomic mass is 10.1. The highest BCUT2D eigenvalue weighted by atomic mass is 19.4. The van der Waals surface area contributed by atoms with E-state index in [4.69, 9.17) is 4.74 Å². The highest BCUT2D eigenvalue weighted by Gasteiger charge is 2.30. The predicted molar refractivity (Wildman–Crippen MR) is 70.0 cm³/mol. The standard InChI is InChI=1S/C15H13F3O3/c16-15(17,18)11-4-2-6-13(8-11)21-9-14(20)10-3-1-5-12(19)7-10/h1-8,14,19-20H,9H2. The normalized spacial score (nSPS) is 13.0. The molecule has 0 radical (unpaired) electrons. The van der Waals surface area contributed by atoms with E-state index < -0.39 is 17.8 Å². The molecule has 0 aliphatic rings. The van der Waals surface area contributed by atoms with Gasteiger partial charge >= 0.3 is 6.18 Å². The maximum Gasteiger partial charge on any atom is 0.416 e. The molecular weight excluding hydrogens is 285 g/mol. The number of hydrogen-bond donors (Lipinski definition) is 2. The number of benzene rings is 2. The van der Waals surface area contributed by atoms with Crippen LogP contribution in [0.3, 0.4) is 0 Å². The molecule has 1 atom stereocenters. The summed E-state index contributed by atoms with van der Waals surface area (Å²) in [4.78, 5) is 0. The van der Waals surface area contributed by atoms with Crippen molar-refractivity contribution in [1.29, 1.82) is 0 Å². The first kappa shape index (κ1) is 15.2. The monoisotopic (exact) mass is 298 g/mol. The lowest BCUT2D eigenvalue weighted by Crippen LogP contribution is -2.10. The fraction of sp³-hybridized carbons (Fsp3) is 0.200. The van der Waals surface area contributed by atoms with Gasteiger partial charge in [-0.05, 0) is 35.9 Å². The number of aromatic hydroxyl groups is 1. The summed E-state index contributed by atoms with van der Waals surface area (Å²) in [5, 5.41) is 19.2. The van der Waals surface area contributed by atoms with Crippen LogP contribution in [0.1, 0.15) is 17.2 Å². The maximum absolute atomic E-state index is 12.5. The van der Waals surface area contributed by atoms with E-state index >= 15 is 0 Å². The summed E-state index contributed by atoms with van der Waals surface area (Å²) in [6.45, 7) is -0.217. The van der Waals surface area contributed by atoms with E-state index in [0.717, 1.165) is 12.1 Å². The van der Waals surface area contributed by atoms with Crippen LogP contribution in [0, 0.1) is 0 Å². The van der Waals surface area contributed by atoms with Gasteiger partial charge < -0.3 is 14.9 Å². The van der Waals surface area contributed by atoms with E-state index in [9.17, 15) is 23.4 Å². The van der Waals surface area contributed by atoms with Crippen LogP contribution in [0.4, 0.5) is 13.2 Å². The van der Waals surface area contributed by atoms with Crippen LogP contribution in [0.25, 0.3) is 0 Å². The number of phenols is 1. The minimum Gasteiger partial charge on any atom is -0.508 e. The number of rotatable bonds is 4. The molecule has 0 aliphatic heterocycles. The molecular formula is C15H13F3O3. The number of halogens is 3. The summed E-state index contributed by atoms with van der Waals surface area (Å²) in [5.74, 6) is 0.00893. The quantitative estimate of drug-likeness (QED) is 0.908. The van der Waals surface area contributed by atoms with Crippen molar-refractivity contribution in [2.75, 3.05) is 6.61 Å². The predicted octanol–water partition coefficient (Wildman–Crippen LogP) is 3.52. The van der Waals surface area contributed by atoms with Crippen LogP contribution in [0.15, 0.2) is 48.5 Å². The molecule has 1 unspecified atom stereocenters. The molecule has 112 valence electrons. The van der Waals surface area contributed by atoms with Crippen LogP contribution in [0.5, 0.6) is 11.5 Å². The number of hydrogen-bond acceptors (Lipinski definition) is 3. The highest BCUT2D eigenvalue weighted by molar-refractivity contribution is 5.31. The number of alkyl halides is 3. The Hall–Kier alpha value is -2.21. The summed E-state index contributed by atoms with van der Waals surface area (Å²) >= 11 is 0. The molecule has 0 spiro atoms. The smallest absolute Gasteiger partial charge is 0.416 e. The summed E-state index contributed by atoms with van der Waals surface area (Å²) in [5.41, 5.74) is -0.395. The van der Waals surface area contributed by atoms with Gasteiger partial charge in [0.1, 0.15) is 24.2 Å².